The number of fused-ring (bicyclic) bond motifs is 2. The van der Waals surface area contributed by atoms with Crippen molar-refractivity contribution in [3.05, 3.63) is 60.4 Å². The number of hydrogen-bond donors (Lipinski definition) is 4. The molecule has 0 aliphatic carbocycles. The van der Waals surface area contributed by atoms with E-state index in [1.165, 1.54) is 11.1 Å². The Morgan fingerprint density at radius 1 is 1.06 bits per heavy atom. The summed E-state index contributed by atoms with van der Waals surface area (Å²) in [5.74, 6) is 0.105. The molecular formula is C24H27N5O3. The van der Waals surface area contributed by atoms with E-state index in [2.05, 4.69) is 44.0 Å². The van der Waals surface area contributed by atoms with Gasteiger partial charge in [0, 0.05) is 66.4 Å². The van der Waals surface area contributed by atoms with Crippen LogP contribution in [-0.4, -0.2) is 71.3 Å². The number of primary amides is 1. The van der Waals surface area contributed by atoms with Crippen molar-refractivity contribution in [1.29, 1.82) is 0 Å². The first kappa shape index (κ1) is 20.4. The predicted octanol–water partition coefficient (Wildman–Crippen LogP) is 2.31. The van der Waals surface area contributed by atoms with Crippen molar-refractivity contribution >= 4 is 33.4 Å². The Kier molecular flexibility index (Phi) is 5.46. The highest BCUT2D eigenvalue weighted by Crippen LogP contribution is 2.28. The average Bonchev–Trinajstić information content (AvgIpc) is 3.45. The molecule has 1 unspecified atom stereocenters. The van der Waals surface area contributed by atoms with E-state index in [-0.39, 0.29) is 6.61 Å². The second-order valence-electron chi connectivity index (χ2n) is 8.23. The van der Waals surface area contributed by atoms with Gasteiger partial charge in [-0.1, -0.05) is 12.1 Å². The molecule has 1 amide bonds. The Bertz CT molecular complexity index is 1240. The number of hydrogen-bond acceptors (Lipinski definition) is 5. The van der Waals surface area contributed by atoms with Crippen LogP contribution in [0.5, 0.6) is 5.75 Å². The lowest BCUT2D eigenvalue weighted by Crippen LogP contribution is -2.49. The van der Waals surface area contributed by atoms with E-state index in [4.69, 9.17) is 10.5 Å². The molecule has 1 atom stereocenters. The summed E-state index contributed by atoms with van der Waals surface area (Å²) in [6.45, 7) is 4.32. The first-order valence-corrected chi connectivity index (χ1v) is 10.8. The molecule has 1 saturated heterocycles. The molecule has 5 rings (SSSR count). The van der Waals surface area contributed by atoms with Gasteiger partial charge >= 0.3 is 0 Å². The number of carbonyl (C=O) groups excluding carboxylic acids is 1. The molecule has 166 valence electrons. The predicted molar refractivity (Wildman–Crippen MR) is 125 cm³/mol. The molecular weight excluding hydrogens is 406 g/mol. The topological polar surface area (TPSA) is 111 Å². The number of aromatic amines is 2. The molecule has 5 N–H and O–H groups in total. The highest BCUT2D eigenvalue weighted by atomic mass is 16.5. The van der Waals surface area contributed by atoms with Crippen molar-refractivity contribution in [2.24, 2.45) is 5.73 Å². The molecule has 1 aliphatic rings. The Balaban J connectivity index is 1.16. The van der Waals surface area contributed by atoms with Gasteiger partial charge in [0.2, 0.25) is 0 Å². The van der Waals surface area contributed by atoms with Crippen LogP contribution in [-0.2, 0) is 0 Å². The van der Waals surface area contributed by atoms with E-state index < -0.39 is 12.0 Å². The van der Waals surface area contributed by atoms with Crippen LogP contribution >= 0.6 is 0 Å². The van der Waals surface area contributed by atoms with Crippen LogP contribution in [0.25, 0.3) is 21.8 Å². The number of aliphatic hydroxyl groups excluding tert-OH is 1. The number of nitrogens with one attached hydrogen (secondary N) is 2. The number of anilines is 1. The lowest BCUT2D eigenvalue weighted by molar-refractivity contribution is 0.0668. The van der Waals surface area contributed by atoms with Crippen LogP contribution in [0.2, 0.25) is 0 Å². The Hall–Kier alpha value is -3.49. The van der Waals surface area contributed by atoms with Crippen molar-refractivity contribution in [3.63, 3.8) is 0 Å². The van der Waals surface area contributed by atoms with Crippen LogP contribution in [0, 0.1) is 0 Å². The van der Waals surface area contributed by atoms with E-state index in [9.17, 15) is 9.90 Å². The first-order valence-electron chi connectivity index (χ1n) is 10.8. The maximum absolute atomic E-state index is 11.4. The van der Waals surface area contributed by atoms with E-state index in [1.807, 2.05) is 24.4 Å². The van der Waals surface area contributed by atoms with Crippen LogP contribution < -0.4 is 15.4 Å². The third-order valence-corrected chi connectivity index (χ3v) is 6.07. The number of rotatable bonds is 7. The number of ether oxygens (including phenoxy) is 1. The lowest BCUT2D eigenvalue weighted by atomic mass is 10.1. The molecule has 4 aromatic rings. The van der Waals surface area contributed by atoms with E-state index in [0.29, 0.717) is 18.0 Å². The van der Waals surface area contributed by atoms with Gasteiger partial charge in [-0.2, -0.15) is 0 Å². The molecule has 0 spiro atoms. The standard InChI is InChI=1S/C24H27N5O3/c25-24(31)21-13-18-20(27-21)4-2-6-23(18)32-15-16(30)14-28-9-11-29(12-10-28)22-5-1-3-19-17(22)7-8-26-19/h1-8,13,16,26-27,30H,9-12,14-15H2,(H2,25,31). The van der Waals surface area contributed by atoms with E-state index >= 15 is 0 Å². The average molecular weight is 434 g/mol. The monoisotopic (exact) mass is 433 g/mol. The third kappa shape index (κ3) is 4.02. The number of H-pyrrole nitrogens is 2. The van der Waals surface area contributed by atoms with Gasteiger partial charge < -0.3 is 30.4 Å². The van der Waals surface area contributed by atoms with Gasteiger partial charge in [-0.3, -0.25) is 9.69 Å². The number of amides is 1. The summed E-state index contributed by atoms with van der Waals surface area (Å²) in [4.78, 5) is 22.4. The van der Waals surface area contributed by atoms with Gasteiger partial charge in [0.05, 0.1) is 0 Å². The van der Waals surface area contributed by atoms with Gasteiger partial charge in [-0.05, 0) is 36.4 Å². The Morgan fingerprint density at radius 3 is 2.66 bits per heavy atom. The molecule has 2 aromatic heterocycles. The minimum atomic E-state index is -0.612. The van der Waals surface area contributed by atoms with Crippen LogP contribution in [0.3, 0.4) is 0 Å². The summed E-state index contributed by atoms with van der Waals surface area (Å²) < 4.78 is 5.88. The molecule has 0 bridgehead atoms. The number of aromatic nitrogens is 2. The maximum atomic E-state index is 11.4. The third-order valence-electron chi connectivity index (χ3n) is 6.07. The molecule has 0 saturated carbocycles. The zero-order valence-corrected chi connectivity index (χ0v) is 17.8. The fraction of sp³-hybridized carbons (Fsp3) is 0.292. The Morgan fingerprint density at radius 2 is 1.84 bits per heavy atom. The molecule has 8 nitrogen and oxygen atoms in total. The van der Waals surface area contributed by atoms with Gasteiger partial charge in [0.15, 0.2) is 0 Å². The number of benzene rings is 2. The summed E-state index contributed by atoms with van der Waals surface area (Å²) in [6.07, 6.45) is 1.36. The van der Waals surface area contributed by atoms with Crippen LogP contribution in [0.4, 0.5) is 5.69 Å². The molecule has 1 aliphatic heterocycles. The van der Waals surface area contributed by atoms with Crippen LogP contribution in [0.1, 0.15) is 10.5 Å². The molecule has 0 radical (unpaired) electrons. The van der Waals surface area contributed by atoms with Gasteiger partial charge in [-0.15, -0.1) is 0 Å². The summed E-state index contributed by atoms with van der Waals surface area (Å²) >= 11 is 0. The normalized spacial score (nSPS) is 16.0. The zero-order valence-electron chi connectivity index (χ0n) is 17.8. The van der Waals surface area contributed by atoms with Crippen molar-refractivity contribution < 1.29 is 14.6 Å². The smallest absolute Gasteiger partial charge is 0.265 e. The summed E-state index contributed by atoms with van der Waals surface area (Å²) in [6, 6.07) is 15.7. The first-order chi connectivity index (χ1) is 15.6. The highest BCUT2D eigenvalue weighted by molar-refractivity contribution is 5.98. The lowest BCUT2D eigenvalue weighted by Gasteiger charge is -2.37. The molecule has 32 heavy (non-hydrogen) atoms. The summed E-state index contributed by atoms with van der Waals surface area (Å²) in [5, 5.41) is 12.6. The van der Waals surface area contributed by atoms with Gasteiger partial charge in [-0.25, -0.2) is 0 Å². The second-order valence-corrected chi connectivity index (χ2v) is 8.23. The van der Waals surface area contributed by atoms with Gasteiger partial charge in [0.25, 0.3) is 5.91 Å². The van der Waals surface area contributed by atoms with E-state index in [1.54, 1.807) is 6.07 Å². The summed E-state index contributed by atoms with van der Waals surface area (Å²) in [5.41, 5.74) is 8.88. The minimum absolute atomic E-state index is 0.180. The van der Waals surface area contributed by atoms with Crippen molar-refractivity contribution in [2.75, 3.05) is 44.2 Å². The molecule has 8 heteroatoms. The van der Waals surface area contributed by atoms with Crippen LogP contribution in [0.15, 0.2) is 54.7 Å². The number of nitrogens with two attached hydrogens (primary N) is 1. The zero-order chi connectivity index (χ0) is 22.1. The summed E-state index contributed by atoms with van der Waals surface area (Å²) in [7, 11) is 0. The van der Waals surface area contributed by atoms with Gasteiger partial charge in [0.1, 0.15) is 24.2 Å². The minimum Gasteiger partial charge on any atom is -0.490 e. The van der Waals surface area contributed by atoms with E-state index in [0.717, 1.165) is 42.6 Å². The fourth-order valence-electron chi connectivity index (χ4n) is 4.44. The van der Waals surface area contributed by atoms with Crippen molar-refractivity contribution in [1.82, 2.24) is 14.9 Å². The fourth-order valence-corrected chi connectivity index (χ4v) is 4.44. The number of aliphatic hydroxyl groups is 1. The largest absolute Gasteiger partial charge is 0.490 e. The highest BCUT2D eigenvalue weighted by Gasteiger charge is 2.21. The maximum Gasteiger partial charge on any atom is 0.265 e. The molecule has 1 fully saturated rings. The number of nitrogens with zero attached hydrogens (tertiary/aromatic N) is 2. The number of piperazine rings is 1. The number of β-amino-alcohol motifs (C(OH)–C–C–N with tert-alkyl or cyclic N) is 1. The molecule has 2 aromatic carbocycles. The molecule has 3 heterocycles. The number of carbonyl (C=O) groups is 1. The Labute approximate surface area is 185 Å². The SMILES string of the molecule is NC(=O)c1cc2c(OCC(O)CN3CCN(c4cccc5[nH]ccc45)CC3)cccc2[nH]1. The second kappa shape index (κ2) is 8.57. The quantitative estimate of drug-likeness (QED) is 0.358. The van der Waals surface area contributed by atoms with Crippen molar-refractivity contribution in [2.45, 2.75) is 6.10 Å². The van der Waals surface area contributed by atoms with Crippen molar-refractivity contribution in [3.8, 4) is 5.75 Å².